The third-order valence-electron chi connectivity index (χ3n) is 7.50. The fourth-order valence-electron chi connectivity index (χ4n) is 5.76. The SMILES string of the molecule is Cc1ccc(-c2cc3c4ccc(C)cc4c4cc(C(=O)[O-])cc5c6cc(C)ccc6c(c2)[n+]3c45)cc1.O.O. The van der Waals surface area contributed by atoms with E-state index in [1.807, 2.05) is 0 Å². The van der Waals surface area contributed by atoms with Crippen molar-refractivity contribution >= 4 is 54.8 Å². The summed E-state index contributed by atoms with van der Waals surface area (Å²) in [5, 5.41) is 18.2. The average Bonchev–Trinajstić information content (AvgIpc) is 2.87. The number of nitrogens with zero attached hydrogens (tertiary/aromatic N) is 1. The first-order valence-electron chi connectivity index (χ1n) is 12.2. The number of carboxylic acid groups (broad SMARTS) is 1. The number of carbonyl (C=O) groups is 1. The molecule has 7 rings (SSSR count). The fraction of sp³-hybridized carbons (Fsp3) is 0.0909. The Morgan fingerprint density at radius 2 is 1.03 bits per heavy atom. The van der Waals surface area contributed by atoms with Gasteiger partial charge < -0.3 is 20.9 Å². The van der Waals surface area contributed by atoms with Crippen LogP contribution in [-0.4, -0.2) is 16.9 Å². The number of hydrogen-bond acceptors (Lipinski definition) is 2. The van der Waals surface area contributed by atoms with E-state index in [1.165, 1.54) is 11.1 Å². The Bertz CT molecular complexity index is 1930. The normalized spacial score (nSPS) is 11.3. The zero-order valence-electron chi connectivity index (χ0n) is 21.3. The summed E-state index contributed by atoms with van der Waals surface area (Å²) in [5.41, 5.74) is 9.30. The standard InChI is InChI=1S/C33H23NO2.2H2O/c1-18-4-8-21(9-5-18)22-16-30-24-10-6-19(2)12-26(24)28-14-23(33(35)36)15-29-27-13-20(3)7-11-25(27)31(17-22)34(30)32(28)29;;/h4-17H,1-3H3;2*1H2. The van der Waals surface area contributed by atoms with Crippen LogP contribution in [0, 0.1) is 20.8 Å². The van der Waals surface area contributed by atoms with Gasteiger partial charge in [0.15, 0.2) is 0 Å². The van der Waals surface area contributed by atoms with Gasteiger partial charge in [0.05, 0.1) is 27.5 Å². The van der Waals surface area contributed by atoms with Crippen LogP contribution in [0.3, 0.4) is 0 Å². The lowest BCUT2D eigenvalue weighted by Gasteiger charge is -2.15. The van der Waals surface area contributed by atoms with Gasteiger partial charge in [-0.1, -0.05) is 65.2 Å². The van der Waals surface area contributed by atoms with Gasteiger partial charge in [-0.05, 0) is 61.7 Å². The van der Waals surface area contributed by atoms with Crippen molar-refractivity contribution in [2.75, 3.05) is 0 Å². The van der Waals surface area contributed by atoms with Gasteiger partial charge in [-0.15, -0.1) is 0 Å². The molecule has 0 fully saturated rings. The van der Waals surface area contributed by atoms with Gasteiger partial charge in [-0.3, -0.25) is 0 Å². The van der Waals surface area contributed by atoms with E-state index in [9.17, 15) is 9.90 Å². The van der Waals surface area contributed by atoms with E-state index in [2.05, 4.69) is 98.0 Å². The molecule has 0 saturated carbocycles. The van der Waals surface area contributed by atoms with E-state index in [-0.39, 0.29) is 16.5 Å². The van der Waals surface area contributed by atoms with Crippen LogP contribution >= 0.6 is 0 Å². The molecule has 5 nitrogen and oxygen atoms in total. The first-order chi connectivity index (χ1) is 17.4. The van der Waals surface area contributed by atoms with Crippen LogP contribution in [0.25, 0.3) is 60.0 Å². The molecular formula is C33H27NO4. The van der Waals surface area contributed by atoms with Crippen LogP contribution in [0.2, 0.25) is 0 Å². The number of carbonyl (C=O) groups excluding carboxylic acids is 1. The minimum atomic E-state index is -1.16. The number of carboxylic acids is 1. The van der Waals surface area contributed by atoms with Gasteiger partial charge in [0.2, 0.25) is 16.6 Å². The lowest BCUT2D eigenvalue weighted by Crippen LogP contribution is -2.27. The maximum atomic E-state index is 12.1. The number of aromatic nitrogens is 1. The lowest BCUT2D eigenvalue weighted by atomic mass is 9.92. The van der Waals surface area contributed by atoms with Crippen LogP contribution in [-0.2, 0) is 0 Å². The van der Waals surface area contributed by atoms with E-state index >= 15 is 0 Å². The van der Waals surface area contributed by atoms with Crippen molar-refractivity contribution in [3.8, 4) is 11.1 Å². The summed E-state index contributed by atoms with van der Waals surface area (Å²) in [6.45, 7) is 6.25. The van der Waals surface area contributed by atoms with Crippen molar-refractivity contribution in [1.82, 2.24) is 0 Å². The fourth-order valence-corrected chi connectivity index (χ4v) is 5.76. The molecule has 0 unspecified atom stereocenters. The quantitative estimate of drug-likeness (QED) is 0.193. The molecular weight excluding hydrogens is 474 g/mol. The molecule has 0 radical (unpaired) electrons. The van der Waals surface area contributed by atoms with E-state index in [4.69, 9.17) is 0 Å². The first-order valence-corrected chi connectivity index (χ1v) is 12.2. The Kier molecular flexibility index (Phi) is 5.79. The number of fused-ring (bicyclic) bond motifs is 6. The van der Waals surface area contributed by atoms with E-state index in [0.29, 0.717) is 0 Å². The molecule has 4 aromatic carbocycles. The number of benzene rings is 4. The second kappa shape index (κ2) is 8.77. The zero-order chi connectivity index (χ0) is 24.7. The Balaban J connectivity index is 0.00000147. The van der Waals surface area contributed by atoms with E-state index in [1.54, 1.807) is 12.1 Å². The van der Waals surface area contributed by atoms with Gasteiger partial charge in [0.25, 0.3) is 0 Å². The van der Waals surface area contributed by atoms with E-state index in [0.717, 1.165) is 65.6 Å². The Labute approximate surface area is 219 Å². The molecule has 0 bridgehead atoms. The van der Waals surface area contributed by atoms with Crippen LogP contribution in [0.1, 0.15) is 27.0 Å². The largest absolute Gasteiger partial charge is 0.545 e. The highest BCUT2D eigenvalue weighted by Gasteiger charge is 2.26. The predicted octanol–water partition coefficient (Wildman–Crippen LogP) is 4.78. The Morgan fingerprint density at radius 3 is 1.50 bits per heavy atom. The average molecular weight is 502 g/mol. The molecule has 0 aliphatic carbocycles. The van der Waals surface area contributed by atoms with Crippen molar-refractivity contribution in [2.24, 2.45) is 0 Å². The number of aromatic carboxylic acids is 1. The number of hydrogen-bond donors (Lipinski definition) is 0. The van der Waals surface area contributed by atoms with Crippen molar-refractivity contribution < 1.29 is 25.3 Å². The summed E-state index contributed by atoms with van der Waals surface area (Å²) in [7, 11) is 0. The molecule has 38 heavy (non-hydrogen) atoms. The number of rotatable bonds is 2. The monoisotopic (exact) mass is 501 g/mol. The summed E-state index contributed by atoms with van der Waals surface area (Å²) in [5.74, 6) is -1.16. The minimum absolute atomic E-state index is 0. The summed E-state index contributed by atoms with van der Waals surface area (Å²) in [4.78, 5) is 12.1. The van der Waals surface area contributed by atoms with Gasteiger partial charge in [0, 0.05) is 22.9 Å². The van der Waals surface area contributed by atoms with Crippen molar-refractivity contribution in [1.29, 1.82) is 0 Å². The first kappa shape index (κ1) is 25.1. The molecule has 0 aliphatic heterocycles. The molecule has 0 aliphatic rings. The zero-order valence-corrected chi connectivity index (χ0v) is 21.3. The van der Waals surface area contributed by atoms with Gasteiger partial charge in [-0.2, -0.15) is 4.40 Å². The van der Waals surface area contributed by atoms with Crippen molar-refractivity contribution in [2.45, 2.75) is 20.8 Å². The maximum Gasteiger partial charge on any atom is 0.227 e. The number of aryl methyl sites for hydroxylation is 3. The highest BCUT2D eigenvalue weighted by atomic mass is 16.4. The van der Waals surface area contributed by atoms with Gasteiger partial charge in [-0.25, -0.2) is 0 Å². The summed E-state index contributed by atoms with van der Waals surface area (Å²) >= 11 is 0. The number of pyridine rings is 3. The van der Waals surface area contributed by atoms with E-state index < -0.39 is 5.97 Å². The van der Waals surface area contributed by atoms with Crippen molar-refractivity contribution in [3.63, 3.8) is 0 Å². The highest BCUT2D eigenvalue weighted by Crippen LogP contribution is 2.38. The second-order valence-electron chi connectivity index (χ2n) is 10.0. The molecule has 0 saturated heterocycles. The summed E-state index contributed by atoms with van der Waals surface area (Å²) < 4.78 is 2.32. The van der Waals surface area contributed by atoms with Crippen LogP contribution in [0.5, 0.6) is 0 Å². The van der Waals surface area contributed by atoms with Crippen LogP contribution < -0.4 is 9.51 Å². The molecule has 0 atom stereocenters. The van der Waals surface area contributed by atoms with Gasteiger partial charge in [0.1, 0.15) is 0 Å². The molecule has 0 amide bonds. The van der Waals surface area contributed by atoms with Crippen molar-refractivity contribution in [3.05, 3.63) is 107 Å². The molecule has 188 valence electrons. The molecule has 4 N–H and O–H groups in total. The third-order valence-corrected chi connectivity index (χ3v) is 7.50. The molecule has 3 aromatic heterocycles. The summed E-state index contributed by atoms with van der Waals surface area (Å²) in [6, 6.07) is 29.6. The third kappa shape index (κ3) is 3.48. The summed E-state index contributed by atoms with van der Waals surface area (Å²) in [6.07, 6.45) is 0. The smallest absolute Gasteiger partial charge is 0.227 e. The second-order valence-corrected chi connectivity index (χ2v) is 10.0. The molecule has 5 heteroatoms. The Morgan fingerprint density at radius 1 is 0.553 bits per heavy atom. The van der Waals surface area contributed by atoms with Gasteiger partial charge >= 0.3 is 0 Å². The topological polar surface area (TPSA) is 107 Å². The predicted molar refractivity (Wildman–Crippen MR) is 152 cm³/mol. The molecule has 7 aromatic rings. The van der Waals surface area contributed by atoms with Crippen LogP contribution in [0.4, 0.5) is 0 Å². The maximum absolute atomic E-state index is 12.1. The minimum Gasteiger partial charge on any atom is -0.545 e. The lowest BCUT2D eigenvalue weighted by molar-refractivity contribution is -0.448. The van der Waals surface area contributed by atoms with Crippen LogP contribution in [0.15, 0.2) is 84.9 Å². The molecule has 0 spiro atoms. The Hall–Kier alpha value is -4.58. The molecule has 3 heterocycles. The highest BCUT2D eigenvalue weighted by molar-refractivity contribution is 6.22.